The van der Waals surface area contributed by atoms with E-state index in [2.05, 4.69) is 19.6 Å². The third-order valence-corrected chi connectivity index (χ3v) is 4.38. The first-order valence-corrected chi connectivity index (χ1v) is 8.84. The van der Waals surface area contributed by atoms with E-state index in [0.29, 0.717) is 6.54 Å². The molecular weight excluding hydrogens is 288 g/mol. The molecule has 1 aromatic carbocycles. The van der Waals surface area contributed by atoms with Crippen LogP contribution in [0.4, 0.5) is 5.82 Å². The predicted octanol–water partition coefficient (Wildman–Crippen LogP) is 1.15. The van der Waals surface area contributed by atoms with Crippen molar-refractivity contribution < 1.29 is 8.42 Å². The summed E-state index contributed by atoms with van der Waals surface area (Å²) < 4.78 is 25.5. The summed E-state index contributed by atoms with van der Waals surface area (Å²) in [5, 5.41) is 1.00. The Labute approximate surface area is 124 Å². The average molecular weight is 306 g/mol. The lowest BCUT2D eigenvalue weighted by Crippen LogP contribution is -2.47. The smallest absolute Gasteiger partial charge is 0.209 e. The molecule has 1 aromatic heterocycles. The van der Waals surface area contributed by atoms with Crippen LogP contribution in [0, 0.1) is 0 Å². The number of rotatable bonds is 3. The third kappa shape index (κ3) is 3.30. The van der Waals surface area contributed by atoms with Crippen molar-refractivity contribution in [1.82, 2.24) is 14.7 Å². The van der Waals surface area contributed by atoms with Crippen LogP contribution in [0.1, 0.15) is 12.8 Å². The Balaban J connectivity index is 1.88. The van der Waals surface area contributed by atoms with Crippen LogP contribution < -0.4 is 9.62 Å². The maximum absolute atomic E-state index is 11.4. The zero-order chi connectivity index (χ0) is 14.9. The second-order valence-corrected chi connectivity index (χ2v) is 7.17. The van der Waals surface area contributed by atoms with E-state index >= 15 is 0 Å². The van der Waals surface area contributed by atoms with Crippen LogP contribution in [0.25, 0.3) is 10.9 Å². The number of sulfonamides is 1. The van der Waals surface area contributed by atoms with Gasteiger partial charge in [-0.3, -0.25) is 0 Å². The molecule has 0 saturated carbocycles. The molecule has 0 amide bonds. The lowest BCUT2D eigenvalue weighted by Gasteiger charge is -2.34. The highest BCUT2D eigenvalue weighted by Gasteiger charge is 2.24. The molecule has 0 bridgehead atoms. The zero-order valence-corrected chi connectivity index (χ0v) is 12.7. The summed E-state index contributed by atoms with van der Waals surface area (Å²) in [4.78, 5) is 10.8. The Bertz CT molecular complexity index is 742. The molecule has 2 aromatic rings. The number of nitrogens with zero attached hydrogens (tertiary/aromatic N) is 3. The molecule has 1 atom stereocenters. The fourth-order valence-electron chi connectivity index (χ4n) is 2.81. The van der Waals surface area contributed by atoms with Crippen molar-refractivity contribution in [2.45, 2.75) is 18.9 Å². The van der Waals surface area contributed by atoms with Crippen molar-refractivity contribution in [2.75, 3.05) is 24.2 Å². The summed E-state index contributed by atoms with van der Waals surface area (Å²) in [5.74, 6) is 0.876. The molecule has 7 heteroatoms. The molecule has 1 saturated heterocycles. The lowest BCUT2D eigenvalue weighted by molar-refractivity contribution is 0.466. The molecule has 1 fully saturated rings. The van der Waals surface area contributed by atoms with Gasteiger partial charge in [0.15, 0.2) is 0 Å². The van der Waals surface area contributed by atoms with E-state index < -0.39 is 10.0 Å². The van der Waals surface area contributed by atoms with Gasteiger partial charge in [0, 0.05) is 24.5 Å². The van der Waals surface area contributed by atoms with Crippen LogP contribution in [0.15, 0.2) is 30.6 Å². The van der Waals surface area contributed by atoms with Gasteiger partial charge in [0.25, 0.3) is 0 Å². The van der Waals surface area contributed by atoms with Crippen LogP contribution >= 0.6 is 0 Å². The van der Waals surface area contributed by atoms with Crippen molar-refractivity contribution in [3.63, 3.8) is 0 Å². The maximum Gasteiger partial charge on any atom is 0.209 e. The van der Waals surface area contributed by atoms with Gasteiger partial charge < -0.3 is 4.90 Å². The summed E-state index contributed by atoms with van der Waals surface area (Å²) in [6.45, 7) is 1.51. The standard InChI is InChI=1S/C14H18N4O2S/c1-21(19,20)17-11-5-4-8-18(9-11)14-12-6-2-3-7-13(12)15-10-16-14/h2-3,6-7,10-11,17H,4-5,8-9H2,1H3. The van der Waals surface area contributed by atoms with Gasteiger partial charge in [-0.1, -0.05) is 12.1 Å². The Morgan fingerprint density at radius 3 is 2.90 bits per heavy atom. The number of piperidine rings is 1. The second kappa shape index (κ2) is 5.57. The van der Waals surface area contributed by atoms with Gasteiger partial charge in [0.1, 0.15) is 12.1 Å². The van der Waals surface area contributed by atoms with Crippen LogP contribution in [-0.2, 0) is 10.0 Å². The Morgan fingerprint density at radius 1 is 1.29 bits per heavy atom. The number of nitrogens with one attached hydrogen (secondary N) is 1. The Kier molecular flexibility index (Phi) is 3.77. The second-order valence-electron chi connectivity index (χ2n) is 5.39. The van der Waals surface area contributed by atoms with Crippen molar-refractivity contribution in [1.29, 1.82) is 0 Å². The van der Waals surface area contributed by atoms with Crippen molar-refractivity contribution in [2.24, 2.45) is 0 Å². The van der Waals surface area contributed by atoms with Gasteiger partial charge in [-0.25, -0.2) is 23.1 Å². The van der Waals surface area contributed by atoms with E-state index in [-0.39, 0.29) is 6.04 Å². The number of anilines is 1. The predicted molar refractivity (Wildman–Crippen MR) is 82.8 cm³/mol. The largest absolute Gasteiger partial charge is 0.354 e. The third-order valence-electron chi connectivity index (χ3n) is 3.62. The molecular formula is C14H18N4O2S. The molecule has 1 unspecified atom stereocenters. The van der Waals surface area contributed by atoms with Crippen LogP contribution in [0.5, 0.6) is 0 Å². The summed E-state index contributed by atoms with van der Waals surface area (Å²) in [6, 6.07) is 7.80. The first-order valence-electron chi connectivity index (χ1n) is 6.95. The molecule has 6 nitrogen and oxygen atoms in total. The highest BCUT2D eigenvalue weighted by molar-refractivity contribution is 7.88. The van der Waals surface area contributed by atoms with Gasteiger partial charge in [0.05, 0.1) is 11.8 Å². The normalized spacial score (nSPS) is 19.9. The van der Waals surface area contributed by atoms with E-state index in [0.717, 1.165) is 36.1 Å². The Hall–Kier alpha value is -1.73. The fraction of sp³-hybridized carbons (Fsp3) is 0.429. The van der Waals surface area contributed by atoms with E-state index in [1.165, 1.54) is 6.26 Å². The van der Waals surface area contributed by atoms with Gasteiger partial charge in [-0.15, -0.1) is 0 Å². The SMILES string of the molecule is CS(=O)(=O)NC1CCCN(c2ncnc3ccccc23)C1. The van der Waals surface area contributed by atoms with E-state index in [9.17, 15) is 8.42 Å². The van der Waals surface area contributed by atoms with Gasteiger partial charge in [0.2, 0.25) is 10.0 Å². The van der Waals surface area contributed by atoms with Crippen LogP contribution in [0.2, 0.25) is 0 Å². The summed E-state index contributed by atoms with van der Waals surface area (Å²) in [6.07, 6.45) is 4.55. The molecule has 112 valence electrons. The monoisotopic (exact) mass is 306 g/mol. The minimum absolute atomic E-state index is 0.0672. The van der Waals surface area contributed by atoms with Crippen LogP contribution in [-0.4, -0.2) is 43.8 Å². The molecule has 1 aliphatic heterocycles. The molecule has 0 aliphatic carbocycles. The minimum atomic E-state index is -3.18. The van der Waals surface area contributed by atoms with Crippen molar-refractivity contribution in [3.05, 3.63) is 30.6 Å². The van der Waals surface area contributed by atoms with E-state index in [4.69, 9.17) is 0 Å². The topological polar surface area (TPSA) is 75.2 Å². The molecule has 1 N–H and O–H groups in total. The lowest BCUT2D eigenvalue weighted by atomic mass is 10.1. The molecule has 2 heterocycles. The van der Waals surface area contributed by atoms with E-state index in [1.807, 2.05) is 24.3 Å². The van der Waals surface area contributed by atoms with Crippen molar-refractivity contribution in [3.8, 4) is 0 Å². The number of aromatic nitrogens is 2. The average Bonchev–Trinajstić information content (AvgIpc) is 2.45. The van der Waals surface area contributed by atoms with Crippen molar-refractivity contribution >= 4 is 26.7 Å². The summed E-state index contributed by atoms with van der Waals surface area (Å²) >= 11 is 0. The molecule has 0 spiro atoms. The Morgan fingerprint density at radius 2 is 2.10 bits per heavy atom. The summed E-state index contributed by atoms with van der Waals surface area (Å²) in [7, 11) is -3.18. The quantitative estimate of drug-likeness (QED) is 0.920. The highest BCUT2D eigenvalue weighted by Crippen LogP contribution is 2.25. The number of hydrogen-bond acceptors (Lipinski definition) is 5. The highest BCUT2D eigenvalue weighted by atomic mass is 32.2. The molecule has 0 radical (unpaired) electrons. The number of para-hydroxylation sites is 1. The van der Waals surface area contributed by atoms with Gasteiger partial charge >= 0.3 is 0 Å². The molecule has 3 rings (SSSR count). The number of fused-ring (bicyclic) bond motifs is 1. The van der Waals surface area contributed by atoms with Crippen LogP contribution in [0.3, 0.4) is 0 Å². The van der Waals surface area contributed by atoms with Gasteiger partial charge in [-0.2, -0.15) is 0 Å². The fourth-order valence-corrected chi connectivity index (χ4v) is 3.61. The van der Waals surface area contributed by atoms with Gasteiger partial charge in [-0.05, 0) is 25.0 Å². The molecule has 1 aliphatic rings. The zero-order valence-electron chi connectivity index (χ0n) is 11.9. The number of benzene rings is 1. The minimum Gasteiger partial charge on any atom is -0.354 e. The van der Waals surface area contributed by atoms with E-state index in [1.54, 1.807) is 6.33 Å². The summed E-state index contributed by atoms with van der Waals surface area (Å²) in [5.41, 5.74) is 0.903. The first kappa shape index (κ1) is 14.2. The first-order chi connectivity index (χ1) is 10.0. The number of hydrogen-bond donors (Lipinski definition) is 1. The maximum atomic E-state index is 11.4. The molecule has 21 heavy (non-hydrogen) atoms.